The van der Waals surface area contributed by atoms with Gasteiger partial charge in [-0.2, -0.15) is 0 Å². The highest BCUT2D eigenvalue weighted by atomic mass is 16.5. The number of fused-ring (bicyclic) bond motifs is 4. The number of methoxy groups -OCH3 is 1. The number of imidazole rings is 1. The van der Waals surface area contributed by atoms with Crippen LogP contribution < -0.4 is 16.2 Å². The Bertz CT molecular complexity index is 2070. The van der Waals surface area contributed by atoms with Gasteiger partial charge in [-0.05, 0) is 87.3 Å². The Morgan fingerprint density at radius 2 is 1.90 bits per heavy atom. The number of nitrogen functional groups attached to an aromatic ring is 1. The van der Waals surface area contributed by atoms with E-state index in [9.17, 15) is 9.59 Å². The minimum absolute atomic E-state index is 0.0312. The Morgan fingerprint density at radius 3 is 2.61 bits per heavy atom. The zero-order chi connectivity index (χ0) is 33.8. The molecule has 2 amide bonds. The predicted octanol–water partition coefficient (Wildman–Crippen LogP) is 3.96. The van der Waals surface area contributed by atoms with Gasteiger partial charge in [0.1, 0.15) is 22.6 Å². The number of aromatic nitrogens is 6. The molecule has 5 heterocycles. The molecule has 49 heavy (non-hydrogen) atoms. The van der Waals surface area contributed by atoms with Crippen LogP contribution in [0.5, 0.6) is 5.75 Å². The van der Waals surface area contributed by atoms with Crippen molar-refractivity contribution in [3.8, 4) is 17.3 Å². The first-order chi connectivity index (χ1) is 23.8. The first-order valence-electron chi connectivity index (χ1n) is 17.3. The fourth-order valence-corrected chi connectivity index (χ4v) is 7.86. The van der Waals surface area contributed by atoms with E-state index >= 15 is 0 Å². The lowest BCUT2D eigenvalue weighted by Gasteiger charge is -2.27. The van der Waals surface area contributed by atoms with Crippen molar-refractivity contribution in [1.82, 2.24) is 38.9 Å². The maximum atomic E-state index is 14.0. The highest BCUT2D eigenvalue weighted by Crippen LogP contribution is 2.40. The summed E-state index contributed by atoms with van der Waals surface area (Å²) in [6.45, 7) is 5.05. The van der Waals surface area contributed by atoms with Gasteiger partial charge in [0.05, 0.1) is 18.3 Å². The van der Waals surface area contributed by atoms with Crippen molar-refractivity contribution < 1.29 is 14.3 Å². The lowest BCUT2D eigenvalue weighted by molar-refractivity contribution is 0.0699. The summed E-state index contributed by atoms with van der Waals surface area (Å²) < 4.78 is 10.5. The van der Waals surface area contributed by atoms with E-state index in [0.29, 0.717) is 61.3 Å². The number of hydrogen-bond donors (Lipinski definition) is 2. The molecule has 0 spiro atoms. The van der Waals surface area contributed by atoms with Crippen molar-refractivity contribution >= 4 is 39.8 Å². The van der Waals surface area contributed by atoms with Crippen LogP contribution in [-0.2, 0) is 13.1 Å². The number of benzene rings is 1. The highest BCUT2D eigenvalue weighted by molar-refractivity contribution is 6.00. The van der Waals surface area contributed by atoms with Crippen LogP contribution in [0.1, 0.15) is 59.9 Å². The molecule has 13 heteroatoms. The van der Waals surface area contributed by atoms with Crippen LogP contribution in [0.3, 0.4) is 0 Å². The average Bonchev–Trinajstić information content (AvgIpc) is 3.47. The average molecular weight is 663 g/mol. The fraction of sp³-hybridized carbons (Fsp3) is 0.444. The summed E-state index contributed by atoms with van der Waals surface area (Å²) in [5.41, 5.74) is 16.4. The molecule has 3 fully saturated rings. The second-order valence-electron chi connectivity index (χ2n) is 13.6. The van der Waals surface area contributed by atoms with Crippen LogP contribution in [0.15, 0.2) is 48.8 Å². The number of likely N-dealkylation sites (tertiary alicyclic amines) is 1. The largest absolute Gasteiger partial charge is 0.494 e. The van der Waals surface area contributed by atoms with Gasteiger partial charge in [0.25, 0.3) is 11.8 Å². The number of carbonyl (C=O) groups is 2. The third kappa shape index (κ3) is 5.55. The topological polar surface area (TPSA) is 163 Å². The molecule has 4 N–H and O–H groups in total. The van der Waals surface area contributed by atoms with Crippen molar-refractivity contribution in [2.24, 2.45) is 17.6 Å². The number of carbonyl (C=O) groups excluding carboxylic acids is 2. The summed E-state index contributed by atoms with van der Waals surface area (Å²) >= 11 is 0. The third-order valence-electron chi connectivity index (χ3n) is 10.6. The summed E-state index contributed by atoms with van der Waals surface area (Å²) in [7, 11) is 1.63. The van der Waals surface area contributed by atoms with E-state index in [1.54, 1.807) is 18.1 Å². The van der Waals surface area contributed by atoms with Crippen LogP contribution in [0.2, 0.25) is 0 Å². The lowest BCUT2D eigenvalue weighted by atomic mass is 10.1. The van der Waals surface area contributed by atoms with Crippen LogP contribution in [0, 0.1) is 11.8 Å². The number of amides is 2. The molecule has 2 bridgehead atoms. The molecular formula is C36H42N10O3. The molecule has 5 aromatic rings. The van der Waals surface area contributed by atoms with Gasteiger partial charge in [-0.1, -0.05) is 0 Å². The third-order valence-corrected chi connectivity index (χ3v) is 10.6. The monoisotopic (exact) mass is 662 g/mol. The molecule has 254 valence electrons. The van der Waals surface area contributed by atoms with Crippen molar-refractivity contribution in [2.75, 3.05) is 32.5 Å². The van der Waals surface area contributed by atoms with Crippen molar-refractivity contribution in [1.29, 1.82) is 0 Å². The standard InChI is InChI=1S/C36H42N10O3/c1-3-43(35(48)25-11-13-40-36(38)42-25)14-5-15-44-31-26(16-24(18-29(31)49-2)34(47)46-20-23-9-10-27(46)30(23)37)41-33(44)28-17-22-6-4-12-39-32(22)45(28)19-21-7-8-21/h4,6,11-13,16-18,21,23,27,30H,3,5,7-10,14-15,19-20,37H2,1-2H3,(H2,38,40,42)/t23?,27?,30-/m1/s1. The summed E-state index contributed by atoms with van der Waals surface area (Å²) in [5, 5.41) is 1.05. The molecule has 1 aromatic carbocycles. The van der Waals surface area contributed by atoms with E-state index < -0.39 is 0 Å². The fourth-order valence-electron chi connectivity index (χ4n) is 7.86. The van der Waals surface area contributed by atoms with Gasteiger partial charge in [-0.15, -0.1) is 0 Å². The minimum Gasteiger partial charge on any atom is -0.494 e. The van der Waals surface area contributed by atoms with E-state index in [0.717, 1.165) is 47.5 Å². The van der Waals surface area contributed by atoms with Crippen molar-refractivity contribution in [3.05, 3.63) is 60.0 Å². The zero-order valence-corrected chi connectivity index (χ0v) is 28.0. The van der Waals surface area contributed by atoms with Crippen LogP contribution in [0.25, 0.3) is 33.6 Å². The van der Waals surface area contributed by atoms with Crippen LogP contribution in [0.4, 0.5) is 5.95 Å². The summed E-state index contributed by atoms with van der Waals surface area (Å²) in [6.07, 6.45) is 8.37. The number of anilines is 1. The molecule has 0 radical (unpaired) electrons. The van der Waals surface area contributed by atoms with Gasteiger partial charge in [0.2, 0.25) is 5.95 Å². The molecule has 3 aliphatic rings. The molecule has 1 saturated heterocycles. The maximum absolute atomic E-state index is 14.0. The number of nitrogens with zero attached hydrogens (tertiary/aromatic N) is 8. The Labute approximate surface area is 284 Å². The smallest absolute Gasteiger partial charge is 0.272 e. The summed E-state index contributed by atoms with van der Waals surface area (Å²) in [4.78, 5) is 49.1. The first kappa shape index (κ1) is 31.2. The zero-order valence-electron chi connectivity index (χ0n) is 28.0. The molecule has 3 atom stereocenters. The summed E-state index contributed by atoms with van der Waals surface area (Å²) in [6, 6.07) is 11.6. The first-order valence-corrected chi connectivity index (χ1v) is 17.3. The Kier molecular flexibility index (Phi) is 7.93. The number of aryl methyl sites for hydroxylation is 1. The summed E-state index contributed by atoms with van der Waals surface area (Å²) in [5.74, 6) is 2.15. The normalized spacial score (nSPS) is 20.1. The second kappa shape index (κ2) is 12.4. The highest BCUT2D eigenvalue weighted by Gasteiger charge is 2.47. The molecule has 2 saturated carbocycles. The number of pyridine rings is 1. The molecule has 1 aliphatic heterocycles. The van der Waals surface area contributed by atoms with Crippen molar-refractivity contribution in [3.63, 3.8) is 0 Å². The second-order valence-corrected chi connectivity index (χ2v) is 13.6. The molecule has 2 aliphatic carbocycles. The molecular weight excluding hydrogens is 620 g/mol. The van der Waals surface area contributed by atoms with E-state index in [4.69, 9.17) is 26.2 Å². The number of piperidine rings is 1. The van der Waals surface area contributed by atoms with Gasteiger partial charge >= 0.3 is 0 Å². The number of ether oxygens (including phenoxy) is 1. The quantitative estimate of drug-likeness (QED) is 0.213. The molecule has 2 unspecified atom stereocenters. The molecule has 13 nitrogen and oxygen atoms in total. The predicted molar refractivity (Wildman–Crippen MR) is 186 cm³/mol. The number of rotatable bonds is 11. The number of nitrogens with two attached hydrogens (primary N) is 2. The SMILES string of the molecule is CCN(CCCn1c(-c2cc3cccnc3n2CC2CC2)nc2cc(C(=O)N3CC4CCC3[C@@H]4N)cc(OC)c21)C(=O)c1ccnc(N)n1. The maximum Gasteiger partial charge on any atom is 0.272 e. The van der Waals surface area contributed by atoms with E-state index in [2.05, 4.69) is 31.2 Å². The van der Waals surface area contributed by atoms with Gasteiger partial charge in [0, 0.05) is 68.2 Å². The number of hydrogen-bond acceptors (Lipinski definition) is 9. The van der Waals surface area contributed by atoms with E-state index in [1.807, 2.05) is 36.2 Å². The van der Waals surface area contributed by atoms with Gasteiger partial charge in [-0.25, -0.2) is 19.9 Å². The Morgan fingerprint density at radius 1 is 1.04 bits per heavy atom. The minimum atomic E-state index is -0.195. The van der Waals surface area contributed by atoms with Crippen molar-refractivity contribution in [2.45, 2.75) is 64.2 Å². The lowest BCUT2D eigenvalue weighted by Crippen LogP contribution is -2.41. The Hall–Kier alpha value is -5.04. The molecule has 8 rings (SSSR count). The van der Waals surface area contributed by atoms with Gasteiger partial charge in [0.15, 0.2) is 5.82 Å². The molecule has 4 aromatic heterocycles. The van der Waals surface area contributed by atoms with Crippen LogP contribution in [-0.4, -0.2) is 89.5 Å². The van der Waals surface area contributed by atoms with Crippen LogP contribution >= 0.6 is 0 Å². The van der Waals surface area contributed by atoms with E-state index in [-0.39, 0.29) is 35.5 Å². The van der Waals surface area contributed by atoms with Gasteiger partial charge in [-0.3, -0.25) is 9.59 Å². The Balaban J connectivity index is 1.19. The van der Waals surface area contributed by atoms with Gasteiger partial charge < -0.3 is 35.1 Å². The van der Waals surface area contributed by atoms with E-state index in [1.165, 1.54) is 19.0 Å².